The lowest BCUT2D eigenvalue weighted by Gasteiger charge is -2.10. The Balaban J connectivity index is 1.60. The number of imidazole rings is 1. The molecule has 0 aliphatic carbocycles. The van der Waals surface area contributed by atoms with Gasteiger partial charge in [-0.1, -0.05) is 55.3 Å². The van der Waals surface area contributed by atoms with E-state index in [4.69, 9.17) is 21.3 Å². The van der Waals surface area contributed by atoms with Crippen LogP contribution in [0.1, 0.15) is 25.6 Å². The lowest BCUT2D eigenvalue weighted by molar-refractivity contribution is 0.482. The molecule has 0 aliphatic heterocycles. The molecule has 0 saturated carbocycles. The number of unbranched alkanes of at least 4 members (excludes halogenated alkanes) is 1. The van der Waals surface area contributed by atoms with E-state index in [1.54, 1.807) is 0 Å². The molecule has 0 bridgehead atoms. The van der Waals surface area contributed by atoms with Crippen LogP contribution in [0.4, 0.5) is 0 Å². The van der Waals surface area contributed by atoms with E-state index < -0.39 is 0 Å². The molecule has 1 aromatic heterocycles. The Morgan fingerprint density at radius 2 is 1.52 bits per heavy atom. The molecule has 29 heavy (non-hydrogen) atoms. The highest BCUT2D eigenvalue weighted by molar-refractivity contribution is 6.30. The van der Waals surface area contributed by atoms with E-state index in [1.165, 1.54) is 0 Å². The summed E-state index contributed by atoms with van der Waals surface area (Å²) in [6.07, 6.45) is 5.33. The molecule has 4 aromatic rings. The predicted octanol–water partition coefficient (Wildman–Crippen LogP) is 7.33. The number of hydrogen-bond donors (Lipinski definition) is 0. The van der Waals surface area contributed by atoms with Crippen molar-refractivity contribution in [2.45, 2.75) is 26.2 Å². The molecule has 0 N–H and O–H groups in total. The van der Waals surface area contributed by atoms with Crippen LogP contribution >= 0.6 is 11.6 Å². The van der Waals surface area contributed by atoms with Gasteiger partial charge in [0.05, 0.1) is 5.69 Å². The summed E-state index contributed by atoms with van der Waals surface area (Å²) in [7, 11) is 0. The van der Waals surface area contributed by atoms with Crippen molar-refractivity contribution < 1.29 is 4.74 Å². The number of nitrogens with zero attached hydrogens (tertiary/aromatic N) is 2. The molecule has 0 fully saturated rings. The van der Waals surface area contributed by atoms with Gasteiger partial charge in [-0.2, -0.15) is 0 Å². The highest BCUT2D eigenvalue weighted by atomic mass is 35.5. The van der Waals surface area contributed by atoms with E-state index in [2.05, 4.69) is 42.0 Å². The van der Waals surface area contributed by atoms with Crippen LogP contribution in [0.2, 0.25) is 5.02 Å². The van der Waals surface area contributed by atoms with Crippen molar-refractivity contribution in [1.82, 2.24) is 9.55 Å². The van der Waals surface area contributed by atoms with Crippen LogP contribution in [0, 0.1) is 0 Å². The largest absolute Gasteiger partial charge is 0.457 e. The van der Waals surface area contributed by atoms with E-state index in [0.717, 1.165) is 53.5 Å². The minimum atomic E-state index is 0.696. The van der Waals surface area contributed by atoms with Crippen LogP contribution in [-0.4, -0.2) is 9.55 Å². The summed E-state index contributed by atoms with van der Waals surface area (Å²) in [5.74, 6) is 2.63. The minimum absolute atomic E-state index is 0.696. The molecule has 3 nitrogen and oxygen atoms in total. The first-order valence-corrected chi connectivity index (χ1v) is 10.3. The van der Waals surface area contributed by atoms with Crippen LogP contribution in [0.25, 0.3) is 16.9 Å². The second-order valence-electron chi connectivity index (χ2n) is 6.93. The van der Waals surface area contributed by atoms with Crippen molar-refractivity contribution in [3.8, 4) is 28.4 Å². The maximum absolute atomic E-state index is 5.94. The van der Waals surface area contributed by atoms with Gasteiger partial charge in [0.2, 0.25) is 0 Å². The zero-order valence-electron chi connectivity index (χ0n) is 16.4. The lowest BCUT2D eigenvalue weighted by Crippen LogP contribution is -2.00. The standard InChI is InChI=1S/C25H23ClN2O/c1-2-3-9-25-27-24(19-7-5-4-6-8-19)18-28(25)21-12-16-23(17-13-21)29-22-14-10-20(26)11-15-22/h4-8,10-18H,2-3,9H2,1H3. The van der Waals surface area contributed by atoms with Crippen molar-refractivity contribution in [1.29, 1.82) is 0 Å². The molecule has 0 amide bonds. The van der Waals surface area contributed by atoms with Gasteiger partial charge >= 0.3 is 0 Å². The van der Waals surface area contributed by atoms with Gasteiger partial charge in [-0.05, 0) is 55.0 Å². The first kappa shape index (κ1) is 19.3. The van der Waals surface area contributed by atoms with Crippen molar-refractivity contribution in [3.05, 3.63) is 95.9 Å². The number of aryl methyl sites for hydroxylation is 1. The summed E-state index contributed by atoms with van der Waals surface area (Å²) in [5.41, 5.74) is 3.21. The topological polar surface area (TPSA) is 27.1 Å². The van der Waals surface area contributed by atoms with Crippen LogP contribution in [0.15, 0.2) is 85.1 Å². The molecule has 0 unspecified atom stereocenters. The molecular formula is C25H23ClN2O. The molecule has 146 valence electrons. The van der Waals surface area contributed by atoms with Crippen molar-refractivity contribution >= 4 is 11.6 Å². The van der Waals surface area contributed by atoms with Crippen molar-refractivity contribution in [2.75, 3.05) is 0 Å². The Bertz CT molecular complexity index is 1050. The summed E-state index contributed by atoms with van der Waals surface area (Å²) in [6, 6.07) is 25.8. The van der Waals surface area contributed by atoms with Crippen LogP contribution in [0.3, 0.4) is 0 Å². The molecule has 4 heteroatoms. The third kappa shape index (κ3) is 4.69. The molecule has 1 heterocycles. The Kier molecular flexibility index (Phi) is 5.97. The third-order valence-corrected chi connectivity index (χ3v) is 5.02. The summed E-state index contributed by atoms with van der Waals surface area (Å²) < 4.78 is 8.09. The molecular weight excluding hydrogens is 380 g/mol. The lowest BCUT2D eigenvalue weighted by atomic mass is 10.2. The zero-order chi connectivity index (χ0) is 20.1. The second kappa shape index (κ2) is 8.97. The summed E-state index contributed by atoms with van der Waals surface area (Å²) in [4.78, 5) is 4.91. The normalized spacial score (nSPS) is 10.8. The molecule has 0 saturated heterocycles. The SMILES string of the molecule is CCCCc1nc(-c2ccccc2)cn1-c1ccc(Oc2ccc(Cl)cc2)cc1. The van der Waals surface area contributed by atoms with Gasteiger partial charge in [0, 0.05) is 28.9 Å². The van der Waals surface area contributed by atoms with E-state index in [9.17, 15) is 0 Å². The fourth-order valence-electron chi connectivity index (χ4n) is 3.21. The number of halogens is 1. The first-order chi connectivity index (χ1) is 14.2. The fourth-order valence-corrected chi connectivity index (χ4v) is 3.34. The maximum Gasteiger partial charge on any atom is 0.127 e. The predicted molar refractivity (Wildman–Crippen MR) is 119 cm³/mol. The summed E-state index contributed by atoms with van der Waals surface area (Å²) >= 11 is 5.94. The Morgan fingerprint density at radius 1 is 0.862 bits per heavy atom. The van der Waals surface area contributed by atoms with Gasteiger partial charge in [0.1, 0.15) is 17.3 Å². The Hall–Kier alpha value is -3.04. The van der Waals surface area contributed by atoms with Crippen LogP contribution in [0.5, 0.6) is 11.5 Å². The number of ether oxygens (including phenoxy) is 1. The van der Waals surface area contributed by atoms with Gasteiger partial charge in [0.25, 0.3) is 0 Å². The molecule has 0 aliphatic rings. The smallest absolute Gasteiger partial charge is 0.127 e. The molecule has 0 radical (unpaired) electrons. The first-order valence-electron chi connectivity index (χ1n) is 9.90. The van der Waals surface area contributed by atoms with E-state index in [1.807, 2.05) is 54.6 Å². The van der Waals surface area contributed by atoms with Crippen LogP contribution in [-0.2, 0) is 6.42 Å². The summed E-state index contributed by atoms with van der Waals surface area (Å²) in [6.45, 7) is 2.20. The van der Waals surface area contributed by atoms with Gasteiger partial charge in [0.15, 0.2) is 0 Å². The number of rotatable bonds is 7. The molecule has 3 aromatic carbocycles. The monoisotopic (exact) mass is 402 g/mol. The maximum atomic E-state index is 5.94. The number of benzene rings is 3. The van der Waals surface area contributed by atoms with Gasteiger partial charge in [-0.25, -0.2) is 4.98 Å². The highest BCUT2D eigenvalue weighted by Gasteiger charge is 2.11. The van der Waals surface area contributed by atoms with Gasteiger partial charge < -0.3 is 9.30 Å². The number of hydrogen-bond acceptors (Lipinski definition) is 2. The molecule has 0 spiro atoms. The second-order valence-corrected chi connectivity index (χ2v) is 7.37. The minimum Gasteiger partial charge on any atom is -0.457 e. The third-order valence-electron chi connectivity index (χ3n) is 4.77. The molecule has 4 rings (SSSR count). The number of aromatic nitrogens is 2. The zero-order valence-corrected chi connectivity index (χ0v) is 17.1. The highest BCUT2D eigenvalue weighted by Crippen LogP contribution is 2.26. The van der Waals surface area contributed by atoms with Crippen LogP contribution < -0.4 is 4.74 Å². The average molecular weight is 403 g/mol. The van der Waals surface area contributed by atoms with Gasteiger partial charge in [-0.15, -0.1) is 0 Å². The van der Waals surface area contributed by atoms with E-state index in [-0.39, 0.29) is 0 Å². The quantitative estimate of drug-likeness (QED) is 0.323. The average Bonchev–Trinajstić information content (AvgIpc) is 3.19. The van der Waals surface area contributed by atoms with Gasteiger partial charge in [-0.3, -0.25) is 0 Å². The van der Waals surface area contributed by atoms with E-state index >= 15 is 0 Å². The van der Waals surface area contributed by atoms with E-state index in [0.29, 0.717) is 5.02 Å². The molecule has 0 atom stereocenters. The summed E-state index contributed by atoms with van der Waals surface area (Å²) in [5, 5.41) is 0.696. The van der Waals surface area contributed by atoms with Crippen molar-refractivity contribution in [2.24, 2.45) is 0 Å². The Morgan fingerprint density at radius 3 is 2.17 bits per heavy atom. The van der Waals surface area contributed by atoms with Crippen molar-refractivity contribution in [3.63, 3.8) is 0 Å². The fraction of sp³-hybridized carbons (Fsp3) is 0.160. The Labute approximate surface area is 176 Å².